The van der Waals surface area contributed by atoms with Gasteiger partial charge in [0.2, 0.25) is 0 Å². The molecule has 0 spiro atoms. The van der Waals surface area contributed by atoms with Crippen LogP contribution < -0.4 is 4.74 Å². The number of benzene rings is 1. The molecule has 0 bridgehead atoms. The minimum atomic E-state index is -0.518. The minimum Gasteiger partial charge on any atom is -0.504 e. The van der Waals surface area contributed by atoms with Gasteiger partial charge in [-0.1, -0.05) is 15.9 Å². The fourth-order valence-corrected chi connectivity index (χ4v) is 2.72. The van der Waals surface area contributed by atoms with Gasteiger partial charge in [0.15, 0.2) is 16.6 Å². The lowest BCUT2D eigenvalue weighted by Gasteiger charge is -2.31. The molecule has 8 heteroatoms. The first kappa shape index (κ1) is 17.4. The molecule has 0 saturated carbocycles. The van der Waals surface area contributed by atoms with Gasteiger partial charge in [-0.15, -0.1) is 0 Å². The Morgan fingerprint density at radius 1 is 1.26 bits per heavy atom. The first-order chi connectivity index (χ1) is 10.8. The lowest BCUT2D eigenvalue weighted by Crippen LogP contribution is -2.52. The van der Waals surface area contributed by atoms with Crippen LogP contribution in [0.1, 0.15) is 12.5 Å². The number of likely N-dealkylation sites (N-methyl/N-ethyl adjacent to an activating group) is 2. The Balaban J connectivity index is 2.54. The monoisotopic (exact) mass is 398 g/mol. The van der Waals surface area contributed by atoms with E-state index in [2.05, 4.69) is 15.9 Å². The first-order valence-corrected chi connectivity index (χ1v) is 7.95. The average Bonchev–Trinajstić information content (AvgIpc) is 2.52. The number of amides is 2. The van der Waals surface area contributed by atoms with Gasteiger partial charge in [0.25, 0.3) is 11.8 Å². The molecule has 122 valence electrons. The SMILES string of the molecule is CCOc1cc(Br)cc(C=C2C(=O)N(C)C(=S)N(C)C2=O)c1O. The zero-order valence-corrected chi connectivity index (χ0v) is 15.2. The first-order valence-electron chi connectivity index (χ1n) is 6.75. The molecular weight excluding hydrogens is 384 g/mol. The van der Waals surface area contributed by atoms with E-state index in [1.54, 1.807) is 19.1 Å². The van der Waals surface area contributed by atoms with Gasteiger partial charge in [0.05, 0.1) is 6.61 Å². The van der Waals surface area contributed by atoms with Crippen LogP contribution in [0.25, 0.3) is 6.08 Å². The van der Waals surface area contributed by atoms with Crippen LogP contribution in [0, 0.1) is 0 Å². The summed E-state index contributed by atoms with van der Waals surface area (Å²) in [5.41, 5.74) is 0.216. The summed E-state index contributed by atoms with van der Waals surface area (Å²) in [5, 5.41) is 10.4. The molecule has 1 aliphatic rings. The van der Waals surface area contributed by atoms with Gasteiger partial charge < -0.3 is 9.84 Å². The zero-order valence-electron chi connectivity index (χ0n) is 12.8. The number of thiocarbonyl (C=S) groups is 1. The van der Waals surface area contributed by atoms with Crippen molar-refractivity contribution < 1.29 is 19.4 Å². The molecule has 2 amide bonds. The number of ether oxygens (including phenoxy) is 1. The molecule has 0 radical (unpaired) electrons. The van der Waals surface area contributed by atoms with Gasteiger partial charge in [-0.3, -0.25) is 19.4 Å². The summed E-state index contributed by atoms with van der Waals surface area (Å²) in [6.45, 7) is 2.16. The van der Waals surface area contributed by atoms with E-state index in [1.165, 1.54) is 30.0 Å². The highest BCUT2D eigenvalue weighted by Crippen LogP contribution is 2.35. The van der Waals surface area contributed by atoms with Gasteiger partial charge >= 0.3 is 0 Å². The Morgan fingerprint density at radius 2 is 1.83 bits per heavy atom. The number of halogens is 1. The van der Waals surface area contributed by atoms with Crippen LogP contribution in [0.3, 0.4) is 0 Å². The number of phenols is 1. The van der Waals surface area contributed by atoms with Crippen LogP contribution in [-0.4, -0.2) is 52.5 Å². The molecule has 6 nitrogen and oxygen atoms in total. The third-order valence-electron chi connectivity index (χ3n) is 3.31. The van der Waals surface area contributed by atoms with Crippen molar-refractivity contribution in [3.63, 3.8) is 0 Å². The second kappa shape index (κ2) is 6.67. The maximum absolute atomic E-state index is 12.3. The van der Waals surface area contributed by atoms with Crippen molar-refractivity contribution in [2.45, 2.75) is 6.92 Å². The number of carbonyl (C=O) groups is 2. The summed E-state index contributed by atoms with van der Waals surface area (Å²) >= 11 is 8.34. The van der Waals surface area contributed by atoms with Crippen molar-refractivity contribution >= 4 is 51.2 Å². The number of hydrogen-bond acceptors (Lipinski definition) is 5. The summed E-state index contributed by atoms with van der Waals surface area (Å²) in [6, 6.07) is 3.21. The molecule has 1 aromatic carbocycles. The van der Waals surface area contributed by atoms with Crippen molar-refractivity contribution in [1.29, 1.82) is 0 Å². The maximum atomic E-state index is 12.3. The third-order valence-corrected chi connectivity index (χ3v) is 4.32. The van der Waals surface area contributed by atoms with Crippen LogP contribution in [0.15, 0.2) is 22.2 Å². The number of aromatic hydroxyl groups is 1. The molecule has 1 aliphatic heterocycles. The molecule has 0 aliphatic carbocycles. The van der Waals surface area contributed by atoms with E-state index in [1.807, 2.05) is 0 Å². The zero-order chi connectivity index (χ0) is 17.3. The normalized spacial score (nSPS) is 15.3. The van der Waals surface area contributed by atoms with Gasteiger partial charge in [-0.2, -0.15) is 0 Å². The third kappa shape index (κ3) is 3.23. The van der Waals surface area contributed by atoms with E-state index in [-0.39, 0.29) is 22.2 Å². The van der Waals surface area contributed by atoms with Crippen molar-refractivity contribution in [3.8, 4) is 11.5 Å². The summed E-state index contributed by atoms with van der Waals surface area (Å²) in [7, 11) is 2.99. The number of carbonyl (C=O) groups excluding carboxylic acids is 2. The quantitative estimate of drug-likeness (QED) is 0.479. The van der Waals surface area contributed by atoms with Crippen molar-refractivity contribution in [1.82, 2.24) is 9.80 Å². The lowest BCUT2D eigenvalue weighted by molar-refractivity contribution is -0.132. The van der Waals surface area contributed by atoms with Crippen molar-refractivity contribution in [3.05, 3.63) is 27.7 Å². The highest BCUT2D eigenvalue weighted by molar-refractivity contribution is 9.10. The van der Waals surface area contributed by atoms with Crippen LogP contribution in [0.2, 0.25) is 0 Å². The van der Waals surface area contributed by atoms with Gasteiger partial charge in [-0.05, 0) is 37.4 Å². The van der Waals surface area contributed by atoms with Crippen molar-refractivity contribution in [2.24, 2.45) is 0 Å². The molecule has 1 saturated heterocycles. The molecule has 0 unspecified atom stereocenters. The molecule has 23 heavy (non-hydrogen) atoms. The van der Waals surface area contributed by atoms with Crippen molar-refractivity contribution in [2.75, 3.05) is 20.7 Å². The molecule has 0 aromatic heterocycles. The molecule has 1 N–H and O–H groups in total. The topological polar surface area (TPSA) is 70.1 Å². The smallest absolute Gasteiger partial charge is 0.265 e. The van der Waals surface area contributed by atoms with Gasteiger partial charge in [0.1, 0.15) is 5.57 Å². The molecular formula is C15H15BrN2O4S. The highest BCUT2D eigenvalue weighted by Gasteiger charge is 2.35. The number of rotatable bonds is 3. The number of nitrogens with zero attached hydrogens (tertiary/aromatic N) is 2. The number of hydrogen-bond donors (Lipinski definition) is 1. The number of phenolic OH excluding ortho intramolecular Hbond substituents is 1. The minimum absolute atomic E-state index is 0.0838. The maximum Gasteiger partial charge on any atom is 0.265 e. The fourth-order valence-electron chi connectivity index (χ4n) is 2.10. The molecule has 0 atom stereocenters. The summed E-state index contributed by atoms with van der Waals surface area (Å²) < 4.78 is 5.99. The molecule has 1 fully saturated rings. The molecule has 1 aromatic rings. The molecule has 2 rings (SSSR count). The fraction of sp³-hybridized carbons (Fsp3) is 0.267. The van der Waals surface area contributed by atoms with Crippen LogP contribution in [0.5, 0.6) is 11.5 Å². The Labute approximate surface area is 147 Å². The summed E-state index contributed by atoms with van der Waals surface area (Å²) in [6.07, 6.45) is 1.34. The second-order valence-electron chi connectivity index (χ2n) is 4.84. The highest BCUT2D eigenvalue weighted by atomic mass is 79.9. The van der Waals surface area contributed by atoms with Gasteiger partial charge in [-0.25, -0.2) is 0 Å². The van der Waals surface area contributed by atoms with Crippen LogP contribution in [0.4, 0.5) is 0 Å². The predicted octanol–water partition coefficient (Wildman–Crippen LogP) is 2.15. The van der Waals surface area contributed by atoms with Crippen LogP contribution >= 0.6 is 28.1 Å². The summed E-state index contributed by atoms with van der Waals surface area (Å²) in [5.74, 6) is -0.908. The Bertz CT molecular complexity index is 706. The van der Waals surface area contributed by atoms with Crippen LogP contribution in [-0.2, 0) is 9.59 Å². The van der Waals surface area contributed by atoms with E-state index in [0.29, 0.717) is 16.6 Å². The van der Waals surface area contributed by atoms with E-state index in [4.69, 9.17) is 17.0 Å². The average molecular weight is 399 g/mol. The second-order valence-corrected chi connectivity index (χ2v) is 6.12. The largest absolute Gasteiger partial charge is 0.504 e. The van der Waals surface area contributed by atoms with E-state index >= 15 is 0 Å². The van der Waals surface area contributed by atoms with E-state index in [9.17, 15) is 14.7 Å². The standard InChI is InChI=1S/C15H15BrN2O4S/c1-4-22-11-7-9(16)5-8(12(11)19)6-10-13(20)17(2)15(23)18(3)14(10)21/h5-7,19H,4H2,1-3H3. The summed E-state index contributed by atoms with van der Waals surface area (Å²) in [4.78, 5) is 27.0. The van der Waals surface area contributed by atoms with E-state index in [0.717, 1.165) is 0 Å². The van der Waals surface area contributed by atoms with Gasteiger partial charge in [0, 0.05) is 24.1 Å². The Kier molecular flexibility index (Phi) is 5.06. The molecule has 1 heterocycles. The lowest BCUT2D eigenvalue weighted by atomic mass is 10.1. The van der Waals surface area contributed by atoms with E-state index < -0.39 is 11.8 Å². The Hall–Kier alpha value is -1.93. The Morgan fingerprint density at radius 3 is 2.35 bits per heavy atom. The predicted molar refractivity (Wildman–Crippen MR) is 93.1 cm³/mol.